The average Bonchev–Trinajstić information content (AvgIpc) is 2.48. The molecule has 0 radical (unpaired) electrons. The van der Waals surface area contributed by atoms with E-state index in [2.05, 4.69) is 23.2 Å². The standard InChI is InChI=1S/C16H20ClN3.ClH/c1-2-3-13-11-16(20-8-6-18-7-9-20)14-10-12(17)4-5-15(14)19-13;/h4-5,10-11,18H,2-3,6-9H2,1H3;1H. The lowest BCUT2D eigenvalue weighted by atomic mass is 10.1. The Morgan fingerprint density at radius 2 is 2.00 bits per heavy atom. The normalized spacial score (nSPS) is 15.0. The van der Waals surface area contributed by atoms with E-state index in [1.54, 1.807) is 0 Å². The van der Waals surface area contributed by atoms with Crippen LogP contribution < -0.4 is 10.2 Å². The van der Waals surface area contributed by atoms with E-state index in [4.69, 9.17) is 16.6 Å². The van der Waals surface area contributed by atoms with Crippen LogP contribution in [0.4, 0.5) is 5.69 Å². The number of rotatable bonds is 3. The fraction of sp³-hybridized carbons (Fsp3) is 0.438. The number of fused-ring (bicyclic) bond motifs is 1. The zero-order valence-corrected chi connectivity index (χ0v) is 13.8. The van der Waals surface area contributed by atoms with Gasteiger partial charge in [0.15, 0.2) is 0 Å². The Kier molecular flexibility index (Phi) is 5.68. The number of nitrogens with zero attached hydrogens (tertiary/aromatic N) is 2. The molecule has 21 heavy (non-hydrogen) atoms. The van der Waals surface area contributed by atoms with Crippen molar-refractivity contribution in [3.8, 4) is 0 Å². The van der Waals surface area contributed by atoms with Gasteiger partial charge in [-0.2, -0.15) is 0 Å². The maximum absolute atomic E-state index is 6.17. The third kappa shape index (κ3) is 3.60. The molecule has 0 unspecified atom stereocenters. The molecule has 0 saturated carbocycles. The van der Waals surface area contributed by atoms with Crippen LogP contribution in [0, 0.1) is 0 Å². The van der Waals surface area contributed by atoms with E-state index in [9.17, 15) is 0 Å². The Bertz CT molecular complexity index is 610. The van der Waals surface area contributed by atoms with Crippen LogP contribution >= 0.6 is 24.0 Å². The summed E-state index contributed by atoms with van der Waals surface area (Å²) in [5.41, 5.74) is 3.51. The Morgan fingerprint density at radius 1 is 1.24 bits per heavy atom. The predicted molar refractivity (Wildman–Crippen MR) is 93.1 cm³/mol. The van der Waals surface area contributed by atoms with E-state index in [1.165, 1.54) is 16.8 Å². The van der Waals surface area contributed by atoms with Gasteiger partial charge in [-0.3, -0.25) is 4.98 Å². The van der Waals surface area contributed by atoms with Gasteiger partial charge >= 0.3 is 0 Å². The number of pyridine rings is 1. The van der Waals surface area contributed by atoms with Crippen molar-refractivity contribution in [2.24, 2.45) is 0 Å². The highest BCUT2D eigenvalue weighted by molar-refractivity contribution is 6.31. The average molecular weight is 326 g/mol. The highest BCUT2D eigenvalue weighted by Gasteiger charge is 2.15. The summed E-state index contributed by atoms with van der Waals surface area (Å²) < 4.78 is 0. The molecule has 1 fully saturated rings. The van der Waals surface area contributed by atoms with Gasteiger partial charge in [0.2, 0.25) is 0 Å². The van der Waals surface area contributed by atoms with Gasteiger partial charge in [-0.15, -0.1) is 12.4 Å². The minimum absolute atomic E-state index is 0. The molecule has 0 amide bonds. The quantitative estimate of drug-likeness (QED) is 0.933. The number of anilines is 1. The fourth-order valence-corrected chi connectivity index (χ4v) is 2.96. The second-order valence-corrected chi connectivity index (χ2v) is 5.72. The highest BCUT2D eigenvalue weighted by atomic mass is 35.5. The minimum Gasteiger partial charge on any atom is -0.368 e. The van der Waals surface area contributed by atoms with Crippen LogP contribution in [0.25, 0.3) is 10.9 Å². The van der Waals surface area contributed by atoms with Gasteiger partial charge < -0.3 is 10.2 Å². The van der Waals surface area contributed by atoms with Gasteiger partial charge in [0.1, 0.15) is 0 Å². The van der Waals surface area contributed by atoms with Gasteiger partial charge in [0, 0.05) is 48.0 Å². The van der Waals surface area contributed by atoms with Crippen LogP contribution in [0.1, 0.15) is 19.0 Å². The molecule has 0 bridgehead atoms. The van der Waals surface area contributed by atoms with Crippen LogP contribution in [0.5, 0.6) is 0 Å². The summed E-state index contributed by atoms with van der Waals surface area (Å²) in [6.45, 7) is 6.34. The molecule has 1 aromatic heterocycles. The summed E-state index contributed by atoms with van der Waals surface area (Å²) in [5, 5.41) is 5.34. The van der Waals surface area contributed by atoms with Crippen molar-refractivity contribution in [1.29, 1.82) is 0 Å². The molecule has 1 aliphatic heterocycles. The molecule has 2 aromatic rings. The molecule has 2 heterocycles. The van der Waals surface area contributed by atoms with Crippen molar-refractivity contribution in [2.75, 3.05) is 31.1 Å². The summed E-state index contributed by atoms with van der Waals surface area (Å²) in [6, 6.07) is 8.24. The van der Waals surface area contributed by atoms with E-state index >= 15 is 0 Å². The van der Waals surface area contributed by atoms with Crippen LogP contribution in [0.15, 0.2) is 24.3 Å². The lowest BCUT2D eigenvalue weighted by Gasteiger charge is -2.30. The fourth-order valence-electron chi connectivity index (χ4n) is 2.79. The Labute approximate surface area is 137 Å². The van der Waals surface area contributed by atoms with Gasteiger partial charge in [-0.1, -0.05) is 24.9 Å². The molecular formula is C16H21Cl2N3. The number of hydrogen-bond acceptors (Lipinski definition) is 3. The lowest BCUT2D eigenvalue weighted by Crippen LogP contribution is -2.43. The van der Waals surface area contributed by atoms with Crippen molar-refractivity contribution in [2.45, 2.75) is 19.8 Å². The van der Waals surface area contributed by atoms with Crippen molar-refractivity contribution in [3.05, 3.63) is 35.0 Å². The summed E-state index contributed by atoms with van der Waals surface area (Å²) in [4.78, 5) is 7.20. The molecule has 0 aliphatic carbocycles. The zero-order chi connectivity index (χ0) is 13.9. The lowest BCUT2D eigenvalue weighted by molar-refractivity contribution is 0.590. The van der Waals surface area contributed by atoms with Crippen molar-refractivity contribution < 1.29 is 0 Å². The summed E-state index contributed by atoms with van der Waals surface area (Å²) in [6.07, 6.45) is 2.14. The van der Waals surface area contributed by atoms with Gasteiger partial charge in [0.25, 0.3) is 0 Å². The molecule has 0 spiro atoms. The number of aryl methyl sites for hydroxylation is 1. The van der Waals surface area contributed by atoms with E-state index in [1.807, 2.05) is 18.2 Å². The number of piperazine rings is 1. The second kappa shape index (κ2) is 7.30. The first kappa shape index (κ1) is 16.3. The van der Waals surface area contributed by atoms with E-state index in [-0.39, 0.29) is 12.4 Å². The Hall–Kier alpha value is -1.03. The van der Waals surface area contributed by atoms with Crippen molar-refractivity contribution in [1.82, 2.24) is 10.3 Å². The first-order chi connectivity index (χ1) is 9.78. The third-order valence-electron chi connectivity index (χ3n) is 3.77. The molecule has 114 valence electrons. The molecular weight excluding hydrogens is 305 g/mol. The minimum atomic E-state index is 0. The first-order valence-electron chi connectivity index (χ1n) is 7.33. The van der Waals surface area contributed by atoms with Gasteiger partial charge in [-0.25, -0.2) is 0 Å². The molecule has 1 N–H and O–H groups in total. The zero-order valence-electron chi connectivity index (χ0n) is 12.2. The molecule has 5 heteroatoms. The van der Waals surface area contributed by atoms with E-state index < -0.39 is 0 Å². The van der Waals surface area contributed by atoms with Crippen molar-refractivity contribution >= 4 is 40.6 Å². The largest absolute Gasteiger partial charge is 0.368 e. The van der Waals surface area contributed by atoms with Crippen LogP contribution in [-0.4, -0.2) is 31.2 Å². The number of nitrogens with one attached hydrogen (secondary N) is 1. The molecule has 1 aromatic carbocycles. The maximum Gasteiger partial charge on any atom is 0.0727 e. The molecule has 3 nitrogen and oxygen atoms in total. The maximum atomic E-state index is 6.17. The molecule has 1 saturated heterocycles. The van der Waals surface area contributed by atoms with E-state index in [0.29, 0.717) is 0 Å². The first-order valence-corrected chi connectivity index (χ1v) is 7.70. The predicted octanol–water partition coefficient (Wildman–Crippen LogP) is 3.67. The number of benzene rings is 1. The Morgan fingerprint density at radius 3 is 2.71 bits per heavy atom. The van der Waals surface area contributed by atoms with Gasteiger partial charge in [-0.05, 0) is 30.7 Å². The van der Waals surface area contributed by atoms with Crippen LogP contribution in [-0.2, 0) is 6.42 Å². The third-order valence-corrected chi connectivity index (χ3v) is 4.00. The van der Waals surface area contributed by atoms with Crippen LogP contribution in [0.3, 0.4) is 0 Å². The van der Waals surface area contributed by atoms with Crippen LogP contribution in [0.2, 0.25) is 5.02 Å². The smallest absolute Gasteiger partial charge is 0.0727 e. The SMILES string of the molecule is CCCc1cc(N2CCNCC2)c2cc(Cl)ccc2n1.Cl. The summed E-state index contributed by atoms with van der Waals surface area (Å²) in [5.74, 6) is 0. The van der Waals surface area contributed by atoms with E-state index in [0.717, 1.165) is 49.6 Å². The molecule has 1 aliphatic rings. The monoisotopic (exact) mass is 325 g/mol. The number of aromatic nitrogens is 1. The molecule has 3 rings (SSSR count). The number of hydrogen-bond donors (Lipinski definition) is 1. The Balaban J connectivity index is 0.00000161. The summed E-state index contributed by atoms with van der Waals surface area (Å²) in [7, 11) is 0. The second-order valence-electron chi connectivity index (χ2n) is 5.28. The molecule has 0 atom stereocenters. The summed E-state index contributed by atoms with van der Waals surface area (Å²) >= 11 is 6.17. The topological polar surface area (TPSA) is 28.2 Å². The highest BCUT2D eigenvalue weighted by Crippen LogP contribution is 2.29. The van der Waals surface area contributed by atoms with Gasteiger partial charge in [0.05, 0.1) is 5.52 Å². The van der Waals surface area contributed by atoms with Crippen molar-refractivity contribution in [3.63, 3.8) is 0 Å². The number of halogens is 2.